The SMILES string of the molecule is CCNC(CC)c1ccc(N(CC)c2ccccc2)cc1. The lowest BCUT2D eigenvalue weighted by Gasteiger charge is -2.24. The molecule has 2 aromatic rings. The monoisotopic (exact) mass is 282 g/mol. The predicted octanol–water partition coefficient (Wildman–Crippen LogP) is 4.91. The maximum absolute atomic E-state index is 3.53. The molecule has 2 nitrogen and oxygen atoms in total. The second-order valence-corrected chi connectivity index (χ2v) is 5.19. The van der Waals surface area contributed by atoms with Gasteiger partial charge in [-0.05, 0) is 49.7 Å². The van der Waals surface area contributed by atoms with Gasteiger partial charge in [0, 0.05) is 24.0 Å². The molecule has 0 fully saturated rings. The van der Waals surface area contributed by atoms with Gasteiger partial charge in [-0.2, -0.15) is 0 Å². The minimum absolute atomic E-state index is 0.454. The Morgan fingerprint density at radius 2 is 1.48 bits per heavy atom. The summed E-state index contributed by atoms with van der Waals surface area (Å²) in [6, 6.07) is 20.0. The Labute approximate surface area is 128 Å². The highest BCUT2D eigenvalue weighted by Gasteiger charge is 2.10. The average Bonchev–Trinajstić information content (AvgIpc) is 2.55. The number of hydrogen-bond donors (Lipinski definition) is 1. The van der Waals surface area contributed by atoms with Gasteiger partial charge < -0.3 is 10.2 Å². The normalized spacial score (nSPS) is 12.1. The van der Waals surface area contributed by atoms with E-state index in [2.05, 4.69) is 85.6 Å². The van der Waals surface area contributed by atoms with Crippen LogP contribution < -0.4 is 10.2 Å². The molecule has 0 aromatic heterocycles. The van der Waals surface area contributed by atoms with E-state index in [0.29, 0.717) is 6.04 Å². The van der Waals surface area contributed by atoms with Gasteiger partial charge in [0.1, 0.15) is 0 Å². The highest BCUT2D eigenvalue weighted by Crippen LogP contribution is 2.26. The van der Waals surface area contributed by atoms with Crippen molar-refractivity contribution >= 4 is 11.4 Å². The van der Waals surface area contributed by atoms with Crippen molar-refractivity contribution in [3.05, 3.63) is 60.2 Å². The standard InChI is InChI=1S/C19H26N2/c1-4-19(20-5-2)16-12-14-18(15-13-16)21(6-3)17-10-8-7-9-11-17/h7-15,19-20H,4-6H2,1-3H3. The van der Waals surface area contributed by atoms with Crippen molar-refractivity contribution in [1.29, 1.82) is 0 Å². The van der Waals surface area contributed by atoms with E-state index in [9.17, 15) is 0 Å². The van der Waals surface area contributed by atoms with Crippen molar-refractivity contribution in [2.45, 2.75) is 33.2 Å². The van der Waals surface area contributed by atoms with Crippen molar-refractivity contribution in [3.63, 3.8) is 0 Å². The molecule has 1 atom stereocenters. The first-order valence-electron chi connectivity index (χ1n) is 7.96. The third-order valence-corrected chi connectivity index (χ3v) is 3.85. The highest BCUT2D eigenvalue weighted by molar-refractivity contribution is 5.63. The van der Waals surface area contributed by atoms with Gasteiger partial charge in [-0.15, -0.1) is 0 Å². The van der Waals surface area contributed by atoms with Crippen LogP contribution in [0.1, 0.15) is 38.8 Å². The number of hydrogen-bond acceptors (Lipinski definition) is 2. The summed E-state index contributed by atoms with van der Waals surface area (Å²) in [5, 5.41) is 3.53. The van der Waals surface area contributed by atoms with Crippen LogP contribution in [0.15, 0.2) is 54.6 Å². The van der Waals surface area contributed by atoms with E-state index in [0.717, 1.165) is 19.5 Å². The number of para-hydroxylation sites is 1. The lowest BCUT2D eigenvalue weighted by Crippen LogP contribution is -2.20. The van der Waals surface area contributed by atoms with Gasteiger partial charge >= 0.3 is 0 Å². The average molecular weight is 282 g/mol. The third-order valence-electron chi connectivity index (χ3n) is 3.85. The number of benzene rings is 2. The Bertz CT molecular complexity index is 519. The van der Waals surface area contributed by atoms with Crippen LogP contribution in [0.4, 0.5) is 11.4 Å². The topological polar surface area (TPSA) is 15.3 Å². The second kappa shape index (κ2) is 7.84. The molecule has 2 aromatic carbocycles. The zero-order valence-electron chi connectivity index (χ0n) is 13.3. The van der Waals surface area contributed by atoms with Crippen LogP contribution in [0, 0.1) is 0 Å². The minimum atomic E-state index is 0.454. The first kappa shape index (κ1) is 15.6. The first-order chi connectivity index (χ1) is 10.3. The molecule has 1 unspecified atom stereocenters. The quantitative estimate of drug-likeness (QED) is 0.776. The number of rotatable bonds is 7. The lowest BCUT2D eigenvalue weighted by molar-refractivity contribution is 0.537. The molecule has 0 radical (unpaired) electrons. The summed E-state index contributed by atoms with van der Waals surface area (Å²) in [5.74, 6) is 0. The molecule has 0 aliphatic heterocycles. The summed E-state index contributed by atoms with van der Waals surface area (Å²) in [6.07, 6.45) is 1.11. The lowest BCUT2D eigenvalue weighted by atomic mass is 10.0. The molecule has 112 valence electrons. The Hall–Kier alpha value is -1.80. The maximum Gasteiger partial charge on any atom is 0.0410 e. The molecule has 0 aliphatic carbocycles. The fourth-order valence-corrected chi connectivity index (χ4v) is 2.75. The Morgan fingerprint density at radius 3 is 2.00 bits per heavy atom. The van der Waals surface area contributed by atoms with Gasteiger partial charge in [-0.3, -0.25) is 0 Å². The van der Waals surface area contributed by atoms with Gasteiger partial charge in [-0.25, -0.2) is 0 Å². The first-order valence-corrected chi connectivity index (χ1v) is 7.96. The van der Waals surface area contributed by atoms with Crippen LogP contribution in [0.25, 0.3) is 0 Å². The zero-order valence-corrected chi connectivity index (χ0v) is 13.3. The summed E-state index contributed by atoms with van der Waals surface area (Å²) in [4.78, 5) is 2.33. The van der Waals surface area contributed by atoms with Crippen molar-refractivity contribution in [2.75, 3.05) is 18.0 Å². The Morgan fingerprint density at radius 1 is 0.857 bits per heavy atom. The van der Waals surface area contributed by atoms with Crippen LogP contribution in [0.5, 0.6) is 0 Å². The van der Waals surface area contributed by atoms with Crippen molar-refractivity contribution in [1.82, 2.24) is 5.32 Å². The van der Waals surface area contributed by atoms with Gasteiger partial charge in [0.05, 0.1) is 0 Å². The van der Waals surface area contributed by atoms with Crippen LogP contribution in [0.3, 0.4) is 0 Å². The minimum Gasteiger partial charge on any atom is -0.342 e. The summed E-state index contributed by atoms with van der Waals surface area (Å²) in [7, 11) is 0. The predicted molar refractivity (Wildman–Crippen MR) is 92.3 cm³/mol. The molecule has 2 rings (SSSR count). The summed E-state index contributed by atoms with van der Waals surface area (Å²) in [5.41, 5.74) is 3.86. The smallest absolute Gasteiger partial charge is 0.0410 e. The second-order valence-electron chi connectivity index (χ2n) is 5.19. The Balaban J connectivity index is 2.21. The summed E-state index contributed by atoms with van der Waals surface area (Å²) >= 11 is 0. The molecular formula is C19H26N2. The van der Waals surface area contributed by atoms with E-state index in [-0.39, 0.29) is 0 Å². The van der Waals surface area contributed by atoms with Crippen molar-refractivity contribution in [3.8, 4) is 0 Å². The van der Waals surface area contributed by atoms with Crippen molar-refractivity contribution < 1.29 is 0 Å². The van der Waals surface area contributed by atoms with E-state index in [1.54, 1.807) is 0 Å². The van der Waals surface area contributed by atoms with Crippen LogP contribution in [0.2, 0.25) is 0 Å². The van der Waals surface area contributed by atoms with Crippen molar-refractivity contribution in [2.24, 2.45) is 0 Å². The number of nitrogens with zero attached hydrogens (tertiary/aromatic N) is 1. The van der Waals surface area contributed by atoms with Gasteiger partial charge in [0.25, 0.3) is 0 Å². The van der Waals surface area contributed by atoms with E-state index in [1.807, 2.05) is 0 Å². The van der Waals surface area contributed by atoms with Gasteiger partial charge in [-0.1, -0.05) is 44.2 Å². The molecule has 0 aliphatic rings. The summed E-state index contributed by atoms with van der Waals surface area (Å²) in [6.45, 7) is 8.54. The van der Waals surface area contributed by atoms with Crippen LogP contribution >= 0.6 is 0 Å². The molecule has 0 amide bonds. The molecule has 21 heavy (non-hydrogen) atoms. The molecule has 0 saturated heterocycles. The molecular weight excluding hydrogens is 256 g/mol. The highest BCUT2D eigenvalue weighted by atomic mass is 15.1. The maximum atomic E-state index is 3.53. The van der Waals surface area contributed by atoms with Gasteiger partial charge in [0.15, 0.2) is 0 Å². The number of anilines is 2. The fourth-order valence-electron chi connectivity index (χ4n) is 2.75. The molecule has 0 spiro atoms. The molecule has 0 heterocycles. The molecule has 0 saturated carbocycles. The van der Waals surface area contributed by atoms with E-state index < -0.39 is 0 Å². The summed E-state index contributed by atoms with van der Waals surface area (Å²) < 4.78 is 0. The Kier molecular flexibility index (Phi) is 5.82. The van der Waals surface area contributed by atoms with E-state index in [1.165, 1.54) is 16.9 Å². The van der Waals surface area contributed by atoms with E-state index >= 15 is 0 Å². The molecule has 1 N–H and O–H groups in total. The number of nitrogens with one attached hydrogen (secondary N) is 1. The fraction of sp³-hybridized carbons (Fsp3) is 0.368. The largest absolute Gasteiger partial charge is 0.342 e. The van der Waals surface area contributed by atoms with Crippen LogP contribution in [-0.2, 0) is 0 Å². The molecule has 0 bridgehead atoms. The third kappa shape index (κ3) is 3.85. The van der Waals surface area contributed by atoms with E-state index in [4.69, 9.17) is 0 Å². The molecule has 2 heteroatoms. The van der Waals surface area contributed by atoms with Crippen LogP contribution in [-0.4, -0.2) is 13.1 Å². The zero-order chi connectivity index (χ0) is 15.1. The van der Waals surface area contributed by atoms with Gasteiger partial charge in [0.2, 0.25) is 0 Å².